The van der Waals surface area contributed by atoms with Gasteiger partial charge in [-0.15, -0.1) is 0 Å². The first-order chi connectivity index (χ1) is 7.61. The Hall–Kier alpha value is -1.10. The van der Waals surface area contributed by atoms with E-state index in [-0.39, 0.29) is 12.3 Å². The second-order valence-corrected chi connectivity index (χ2v) is 4.31. The second-order valence-electron chi connectivity index (χ2n) is 4.31. The van der Waals surface area contributed by atoms with E-state index < -0.39 is 5.97 Å². The van der Waals surface area contributed by atoms with E-state index in [1.165, 1.54) is 0 Å². The molecule has 1 atom stereocenters. The van der Waals surface area contributed by atoms with E-state index in [2.05, 4.69) is 10.2 Å². The number of carbonyl (C=O) groups is 2. The zero-order valence-corrected chi connectivity index (χ0v) is 9.74. The van der Waals surface area contributed by atoms with Gasteiger partial charge in [0.2, 0.25) is 5.91 Å². The molecule has 16 heavy (non-hydrogen) atoms. The highest BCUT2D eigenvalue weighted by Gasteiger charge is 2.22. The number of rotatable bonds is 6. The summed E-state index contributed by atoms with van der Waals surface area (Å²) in [6.07, 6.45) is 2.60. The van der Waals surface area contributed by atoms with E-state index in [9.17, 15) is 9.59 Å². The van der Waals surface area contributed by atoms with Crippen molar-refractivity contribution in [3.05, 3.63) is 0 Å². The molecule has 5 heteroatoms. The molecule has 1 rings (SSSR count). The molecule has 0 bridgehead atoms. The molecule has 0 spiro atoms. The summed E-state index contributed by atoms with van der Waals surface area (Å²) in [5, 5.41) is 11.2. The van der Waals surface area contributed by atoms with Gasteiger partial charge in [-0.2, -0.15) is 0 Å². The van der Waals surface area contributed by atoms with Gasteiger partial charge < -0.3 is 15.3 Å². The van der Waals surface area contributed by atoms with E-state index in [0.29, 0.717) is 12.3 Å². The standard InChI is InChI=1S/C11H20N2O3/c1-12-10(14)5-7-13-6-4-9(8-13)2-3-11(15)16/h9H,2-8H2,1H3,(H,12,14)(H,15,16). The Morgan fingerprint density at radius 2 is 2.19 bits per heavy atom. The zero-order valence-electron chi connectivity index (χ0n) is 9.74. The maximum absolute atomic E-state index is 11.0. The molecule has 1 amide bonds. The summed E-state index contributed by atoms with van der Waals surface area (Å²) in [7, 11) is 1.64. The lowest BCUT2D eigenvalue weighted by Crippen LogP contribution is -2.27. The Balaban J connectivity index is 2.14. The van der Waals surface area contributed by atoms with Crippen molar-refractivity contribution in [1.29, 1.82) is 0 Å². The Labute approximate surface area is 95.8 Å². The minimum atomic E-state index is -0.719. The molecule has 92 valence electrons. The van der Waals surface area contributed by atoms with Gasteiger partial charge in [-0.1, -0.05) is 0 Å². The molecular weight excluding hydrogens is 208 g/mol. The topological polar surface area (TPSA) is 69.6 Å². The van der Waals surface area contributed by atoms with Gasteiger partial charge in [0.15, 0.2) is 0 Å². The summed E-state index contributed by atoms with van der Waals surface area (Å²) in [6, 6.07) is 0. The number of aliphatic carboxylic acids is 1. The van der Waals surface area contributed by atoms with Crippen molar-refractivity contribution in [2.75, 3.05) is 26.7 Å². The minimum absolute atomic E-state index is 0.0639. The third kappa shape index (κ3) is 4.61. The SMILES string of the molecule is CNC(=O)CCN1CCC(CCC(=O)O)C1. The lowest BCUT2D eigenvalue weighted by atomic mass is 10.0. The van der Waals surface area contributed by atoms with Gasteiger partial charge in [-0.3, -0.25) is 9.59 Å². The maximum atomic E-state index is 11.0. The Kier molecular flexibility index (Phi) is 5.25. The van der Waals surface area contributed by atoms with Crippen LogP contribution in [0.3, 0.4) is 0 Å². The molecule has 1 unspecified atom stereocenters. The number of likely N-dealkylation sites (tertiary alicyclic amines) is 1. The predicted octanol–water partition coefficient (Wildman–Crippen LogP) is 0.309. The molecule has 0 saturated carbocycles. The Morgan fingerprint density at radius 3 is 2.81 bits per heavy atom. The summed E-state index contributed by atoms with van der Waals surface area (Å²) in [5.74, 6) is -0.168. The summed E-state index contributed by atoms with van der Waals surface area (Å²) in [6.45, 7) is 2.70. The minimum Gasteiger partial charge on any atom is -0.481 e. The van der Waals surface area contributed by atoms with Gasteiger partial charge in [0.05, 0.1) is 0 Å². The molecule has 1 fully saturated rings. The van der Waals surface area contributed by atoms with Crippen LogP contribution in [0.5, 0.6) is 0 Å². The Bertz CT molecular complexity index is 256. The van der Waals surface area contributed by atoms with E-state index >= 15 is 0 Å². The molecule has 0 aliphatic carbocycles. The highest BCUT2D eigenvalue weighted by Crippen LogP contribution is 2.20. The lowest BCUT2D eigenvalue weighted by molar-refractivity contribution is -0.137. The van der Waals surface area contributed by atoms with Gasteiger partial charge in [0, 0.05) is 33.0 Å². The van der Waals surface area contributed by atoms with Crippen LogP contribution in [0.15, 0.2) is 0 Å². The fourth-order valence-corrected chi connectivity index (χ4v) is 2.06. The first-order valence-corrected chi connectivity index (χ1v) is 5.76. The number of carboxylic acid groups (broad SMARTS) is 1. The van der Waals surface area contributed by atoms with Crippen molar-refractivity contribution < 1.29 is 14.7 Å². The average molecular weight is 228 g/mol. The monoisotopic (exact) mass is 228 g/mol. The summed E-state index contributed by atoms with van der Waals surface area (Å²) in [4.78, 5) is 23.7. The van der Waals surface area contributed by atoms with Crippen LogP contribution in [0, 0.1) is 5.92 Å². The van der Waals surface area contributed by atoms with Crippen molar-refractivity contribution in [3.63, 3.8) is 0 Å². The van der Waals surface area contributed by atoms with Gasteiger partial charge in [-0.05, 0) is 25.3 Å². The largest absolute Gasteiger partial charge is 0.481 e. The Morgan fingerprint density at radius 1 is 1.44 bits per heavy atom. The van der Waals surface area contributed by atoms with Gasteiger partial charge >= 0.3 is 5.97 Å². The van der Waals surface area contributed by atoms with Crippen molar-refractivity contribution in [2.45, 2.75) is 25.7 Å². The summed E-state index contributed by atoms with van der Waals surface area (Å²) >= 11 is 0. The van der Waals surface area contributed by atoms with Crippen LogP contribution in [-0.2, 0) is 9.59 Å². The highest BCUT2D eigenvalue weighted by atomic mass is 16.4. The normalized spacial score (nSPS) is 20.9. The van der Waals surface area contributed by atoms with E-state index in [1.807, 2.05) is 0 Å². The van der Waals surface area contributed by atoms with Crippen LogP contribution in [0.2, 0.25) is 0 Å². The number of amides is 1. The maximum Gasteiger partial charge on any atom is 0.303 e. The first kappa shape index (κ1) is 13.0. The average Bonchev–Trinajstić information content (AvgIpc) is 2.71. The summed E-state index contributed by atoms with van der Waals surface area (Å²) in [5.41, 5.74) is 0. The molecule has 1 aliphatic heterocycles. The second kappa shape index (κ2) is 6.48. The van der Waals surface area contributed by atoms with Crippen LogP contribution in [-0.4, -0.2) is 48.6 Å². The van der Waals surface area contributed by atoms with E-state index in [4.69, 9.17) is 5.11 Å². The van der Waals surface area contributed by atoms with Crippen LogP contribution in [0.1, 0.15) is 25.7 Å². The molecule has 0 aromatic rings. The number of hydrogen-bond acceptors (Lipinski definition) is 3. The number of carbonyl (C=O) groups excluding carboxylic acids is 1. The molecule has 1 saturated heterocycles. The molecule has 1 heterocycles. The van der Waals surface area contributed by atoms with Crippen molar-refractivity contribution >= 4 is 11.9 Å². The van der Waals surface area contributed by atoms with Gasteiger partial charge in [-0.25, -0.2) is 0 Å². The molecule has 0 aromatic carbocycles. The third-order valence-electron chi connectivity index (χ3n) is 3.07. The fourth-order valence-electron chi connectivity index (χ4n) is 2.06. The molecule has 0 radical (unpaired) electrons. The smallest absolute Gasteiger partial charge is 0.303 e. The lowest BCUT2D eigenvalue weighted by Gasteiger charge is -2.14. The number of hydrogen-bond donors (Lipinski definition) is 2. The van der Waals surface area contributed by atoms with Crippen LogP contribution in [0.4, 0.5) is 0 Å². The number of carboxylic acids is 1. The van der Waals surface area contributed by atoms with Crippen molar-refractivity contribution in [1.82, 2.24) is 10.2 Å². The van der Waals surface area contributed by atoms with Gasteiger partial charge in [0.25, 0.3) is 0 Å². The van der Waals surface area contributed by atoms with Crippen molar-refractivity contribution in [3.8, 4) is 0 Å². The third-order valence-corrected chi connectivity index (χ3v) is 3.07. The van der Waals surface area contributed by atoms with Gasteiger partial charge in [0.1, 0.15) is 0 Å². The first-order valence-electron chi connectivity index (χ1n) is 5.76. The fraction of sp³-hybridized carbons (Fsp3) is 0.818. The summed E-state index contributed by atoms with van der Waals surface area (Å²) < 4.78 is 0. The molecule has 0 aromatic heterocycles. The van der Waals surface area contributed by atoms with Crippen molar-refractivity contribution in [2.24, 2.45) is 5.92 Å². The molecule has 5 nitrogen and oxygen atoms in total. The zero-order chi connectivity index (χ0) is 12.0. The predicted molar refractivity (Wildman–Crippen MR) is 60.1 cm³/mol. The molecule has 1 aliphatic rings. The van der Waals surface area contributed by atoms with E-state index in [1.54, 1.807) is 7.05 Å². The number of nitrogens with zero attached hydrogens (tertiary/aromatic N) is 1. The number of nitrogens with one attached hydrogen (secondary N) is 1. The highest BCUT2D eigenvalue weighted by molar-refractivity contribution is 5.75. The van der Waals surface area contributed by atoms with Crippen LogP contribution < -0.4 is 5.32 Å². The van der Waals surface area contributed by atoms with Crippen LogP contribution >= 0.6 is 0 Å². The quantitative estimate of drug-likeness (QED) is 0.686. The van der Waals surface area contributed by atoms with E-state index in [0.717, 1.165) is 32.5 Å². The van der Waals surface area contributed by atoms with Crippen LogP contribution in [0.25, 0.3) is 0 Å². The molecular formula is C11H20N2O3. The molecule has 2 N–H and O–H groups in total.